The molecule has 3 aromatic rings. The van der Waals surface area contributed by atoms with E-state index in [1.807, 2.05) is 18.2 Å². The first-order chi connectivity index (χ1) is 8.93. The highest BCUT2D eigenvalue weighted by Gasteiger charge is 2.10. The summed E-state index contributed by atoms with van der Waals surface area (Å²) >= 11 is 0. The molecule has 1 aliphatic rings. The van der Waals surface area contributed by atoms with Gasteiger partial charge in [-0.15, -0.1) is 0 Å². The molecular formula is C13H12N4O. The molecule has 0 atom stereocenters. The summed E-state index contributed by atoms with van der Waals surface area (Å²) in [6.07, 6.45) is 6.13. The number of aromatic amines is 1. The van der Waals surface area contributed by atoms with Crippen LogP contribution in [-0.4, -0.2) is 26.5 Å². The molecule has 0 unspecified atom stereocenters. The number of nitrogens with zero attached hydrogens (tertiary/aromatic N) is 3. The number of rotatable bonds is 0. The van der Waals surface area contributed by atoms with Crippen LogP contribution in [-0.2, 0) is 6.42 Å². The van der Waals surface area contributed by atoms with E-state index in [1.54, 1.807) is 18.7 Å². The zero-order valence-corrected chi connectivity index (χ0v) is 9.71. The molecule has 0 aromatic carbocycles. The summed E-state index contributed by atoms with van der Waals surface area (Å²) in [5.41, 5.74) is 2.99. The summed E-state index contributed by atoms with van der Waals surface area (Å²) in [7, 11) is 0. The maximum absolute atomic E-state index is 5.19. The Bertz CT molecular complexity index is 597. The number of nitrogens with one attached hydrogen (secondary N) is 1. The molecule has 0 aliphatic carbocycles. The molecule has 1 N–H and O–H groups in total. The lowest BCUT2D eigenvalue weighted by molar-refractivity contribution is 0.345. The highest BCUT2D eigenvalue weighted by atomic mass is 16.5. The fraction of sp³-hybridized carbons (Fsp3) is 0.154. The molecule has 90 valence electrons. The van der Waals surface area contributed by atoms with Crippen LogP contribution in [0.25, 0.3) is 11.2 Å². The normalized spacial score (nSPS) is 12.4. The molecule has 4 heterocycles. The Kier molecular flexibility index (Phi) is 2.87. The van der Waals surface area contributed by atoms with E-state index in [1.165, 1.54) is 5.56 Å². The topological polar surface area (TPSA) is 63.7 Å². The predicted molar refractivity (Wildman–Crippen MR) is 67.3 cm³/mol. The number of hydrogen-bond acceptors (Lipinski definition) is 4. The highest BCUT2D eigenvalue weighted by Crippen LogP contribution is 2.19. The van der Waals surface area contributed by atoms with Gasteiger partial charge in [0.05, 0.1) is 18.5 Å². The molecule has 1 aliphatic heterocycles. The number of hydrogen-bond donors (Lipinski definition) is 1. The number of aromatic nitrogens is 4. The van der Waals surface area contributed by atoms with Crippen molar-refractivity contribution < 1.29 is 4.74 Å². The lowest BCUT2D eigenvalue weighted by atomic mass is 10.2. The summed E-state index contributed by atoms with van der Waals surface area (Å²) in [6.45, 7) is 0.798. The molecule has 0 spiro atoms. The lowest BCUT2D eigenvalue weighted by Crippen LogP contribution is -1.87. The average molecular weight is 240 g/mol. The van der Waals surface area contributed by atoms with E-state index in [2.05, 4.69) is 26.0 Å². The largest absolute Gasteiger partial charge is 0.477 e. The van der Waals surface area contributed by atoms with Crippen LogP contribution in [0, 0.1) is 0 Å². The number of H-pyrrole nitrogens is 1. The van der Waals surface area contributed by atoms with Gasteiger partial charge < -0.3 is 9.72 Å². The van der Waals surface area contributed by atoms with Crippen LogP contribution in [0.5, 0.6) is 5.88 Å². The molecule has 0 fully saturated rings. The van der Waals surface area contributed by atoms with Crippen molar-refractivity contribution in [1.29, 1.82) is 0 Å². The first-order valence-corrected chi connectivity index (χ1v) is 5.74. The predicted octanol–water partition coefficient (Wildman–Crippen LogP) is 1.97. The minimum absolute atomic E-state index is 0.775. The quantitative estimate of drug-likeness (QED) is 0.652. The first kappa shape index (κ1) is 10.7. The lowest BCUT2D eigenvalue weighted by Gasteiger charge is -1.92. The first-order valence-electron chi connectivity index (χ1n) is 5.74. The van der Waals surface area contributed by atoms with Crippen molar-refractivity contribution in [2.24, 2.45) is 0 Å². The number of fused-ring (bicyclic) bond motifs is 2. The summed E-state index contributed by atoms with van der Waals surface area (Å²) in [4.78, 5) is 14.9. The fourth-order valence-corrected chi connectivity index (χ4v) is 1.78. The molecule has 18 heavy (non-hydrogen) atoms. The second kappa shape index (κ2) is 4.83. The Labute approximate surface area is 104 Å². The van der Waals surface area contributed by atoms with Crippen molar-refractivity contribution in [2.45, 2.75) is 6.42 Å². The standard InChI is InChI=1S/C7H7NO.C6H5N3/c1-2-6-3-5-9-7(6)8-4-1;1-2-5-6(7-3-1)9-4-8-5/h1-2,4H,3,5H2;1-4H,(H,7,8,9). The molecule has 0 radical (unpaired) electrons. The van der Waals surface area contributed by atoms with Crippen molar-refractivity contribution in [1.82, 2.24) is 19.9 Å². The van der Waals surface area contributed by atoms with Crippen LogP contribution in [0.2, 0.25) is 0 Å². The number of imidazole rings is 1. The monoisotopic (exact) mass is 240 g/mol. The SMILES string of the molecule is c1cnc2c(c1)CCO2.c1cnc2nc[nH]c2c1. The Balaban J connectivity index is 0.000000111. The van der Waals surface area contributed by atoms with E-state index < -0.39 is 0 Å². The van der Waals surface area contributed by atoms with E-state index in [-0.39, 0.29) is 0 Å². The van der Waals surface area contributed by atoms with E-state index in [9.17, 15) is 0 Å². The van der Waals surface area contributed by atoms with Crippen LogP contribution in [0.1, 0.15) is 5.56 Å². The molecule has 0 amide bonds. The Morgan fingerprint density at radius 3 is 2.83 bits per heavy atom. The summed E-state index contributed by atoms with van der Waals surface area (Å²) in [5, 5.41) is 0. The van der Waals surface area contributed by atoms with Gasteiger partial charge in [0.2, 0.25) is 5.88 Å². The van der Waals surface area contributed by atoms with Crippen LogP contribution in [0.15, 0.2) is 43.0 Å². The van der Waals surface area contributed by atoms with Gasteiger partial charge in [0.25, 0.3) is 0 Å². The molecule has 3 aromatic heterocycles. The van der Waals surface area contributed by atoms with Crippen molar-refractivity contribution >= 4 is 11.2 Å². The van der Waals surface area contributed by atoms with Crippen LogP contribution in [0.4, 0.5) is 0 Å². The smallest absolute Gasteiger partial charge is 0.216 e. The molecule has 5 nitrogen and oxygen atoms in total. The van der Waals surface area contributed by atoms with Crippen molar-refractivity contribution in [2.75, 3.05) is 6.61 Å². The molecule has 5 heteroatoms. The van der Waals surface area contributed by atoms with Crippen molar-refractivity contribution in [3.63, 3.8) is 0 Å². The average Bonchev–Trinajstić information content (AvgIpc) is 3.08. The Hall–Kier alpha value is -2.43. The minimum Gasteiger partial charge on any atom is -0.477 e. The maximum Gasteiger partial charge on any atom is 0.216 e. The van der Waals surface area contributed by atoms with E-state index in [0.29, 0.717) is 0 Å². The van der Waals surface area contributed by atoms with Gasteiger partial charge in [0.1, 0.15) is 0 Å². The molecular weight excluding hydrogens is 228 g/mol. The van der Waals surface area contributed by atoms with Gasteiger partial charge in [-0.2, -0.15) is 0 Å². The van der Waals surface area contributed by atoms with Gasteiger partial charge in [-0.05, 0) is 18.2 Å². The molecule has 0 saturated carbocycles. The Morgan fingerprint density at radius 2 is 1.94 bits per heavy atom. The Morgan fingerprint density at radius 1 is 1.06 bits per heavy atom. The fourth-order valence-electron chi connectivity index (χ4n) is 1.78. The number of ether oxygens (including phenoxy) is 1. The zero-order chi connectivity index (χ0) is 12.2. The highest BCUT2D eigenvalue weighted by molar-refractivity contribution is 5.68. The van der Waals surface area contributed by atoms with E-state index in [0.717, 1.165) is 30.1 Å². The summed E-state index contributed by atoms with van der Waals surface area (Å²) in [6, 6.07) is 7.80. The van der Waals surface area contributed by atoms with Crippen LogP contribution in [0.3, 0.4) is 0 Å². The van der Waals surface area contributed by atoms with Crippen molar-refractivity contribution in [3.05, 3.63) is 48.5 Å². The van der Waals surface area contributed by atoms with Crippen molar-refractivity contribution in [3.8, 4) is 5.88 Å². The third-order valence-electron chi connectivity index (χ3n) is 2.65. The summed E-state index contributed by atoms with van der Waals surface area (Å²) < 4.78 is 5.19. The molecule has 0 bridgehead atoms. The van der Waals surface area contributed by atoms with Gasteiger partial charge in [-0.3, -0.25) is 0 Å². The third kappa shape index (κ3) is 2.15. The van der Waals surface area contributed by atoms with Gasteiger partial charge in [-0.25, -0.2) is 15.0 Å². The maximum atomic E-state index is 5.19. The molecule has 0 saturated heterocycles. The van der Waals surface area contributed by atoms with E-state index >= 15 is 0 Å². The van der Waals surface area contributed by atoms with Crippen LogP contribution >= 0.6 is 0 Å². The zero-order valence-electron chi connectivity index (χ0n) is 9.71. The number of pyridine rings is 2. The van der Waals surface area contributed by atoms with Gasteiger partial charge in [-0.1, -0.05) is 6.07 Å². The molecule has 4 rings (SSSR count). The van der Waals surface area contributed by atoms with Crippen LogP contribution < -0.4 is 4.74 Å². The van der Waals surface area contributed by atoms with Gasteiger partial charge in [0, 0.05) is 24.4 Å². The van der Waals surface area contributed by atoms with E-state index in [4.69, 9.17) is 4.74 Å². The van der Waals surface area contributed by atoms with Gasteiger partial charge >= 0.3 is 0 Å². The third-order valence-corrected chi connectivity index (χ3v) is 2.65. The summed E-state index contributed by atoms with van der Waals surface area (Å²) in [5.74, 6) is 0.817. The van der Waals surface area contributed by atoms with Gasteiger partial charge in [0.15, 0.2) is 5.65 Å². The second-order valence-electron chi connectivity index (χ2n) is 3.84. The minimum atomic E-state index is 0.775. The second-order valence-corrected chi connectivity index (χ2v) is 3.84.